The first-order valence-electron chi connectivity index (χ1n) is 3.93. The number of pyridine rings is 1. The summed E-state index contributed by atoms with van der Waals surface area (Å²) in [4.78, 5) is 14.1. The maximum Gasteiger partial charge on any atom is 0.343 e. The van der Waals surface area contributed by atoms with E-state index < -0.39 is 12.1 Å². The molecule has 1 aromatic heterocycles. The topological polar surface area (TPSA) is 59.4 Å². The highest BCUT2D eigenvalue weighted by molar-refractivity contribution is 5.74. The molecule has 0 aliphatic carbocycles. The summed E-state index contributed by atoms with van der Waals surface area (Å²) in [6.45, 7) is 1.59. The van der Waals surface area contributed by atoms with E-state index in [1.54, 1.807) is 6.92 Å². The van der Waals surface area contributed by atoms with Gasteiger partial charge in [0.15, 0.2) is 0 Å². The van der Waals surface area contributed by atoms with E-state index in [4.69, 9.17) is 9.84 Å². The Balaban J connectivity index is 3.15. The molecule has 0 bridgehead atoms. The van der Waals surface area contributed by atoms with E-state index in [1.807, 2.05) is 0 Å². The number of aromatic nitrogens is 1. The van der Waals surface area contributed by atoms with Gasteiger partial charge in [-0.2, -0.15) is 0 Å². The zero-order valence-electron chi connectivity index (χ0n) is 7.82. The maximum absolute atomic E-state index is 13.1. The molecule has 0 saturated carbocycles. The number of carboxylic acid groups (broad SMARTS) is 1. The minimum absolute atomic E-state index is 0.0249. The highest BCUT2D eigenvalue weighted by Gasteiger charge is 2.22. The van der Waals surface area contributed by atoms with Crippen LogP contribution in [0.2, 0.25) is 0 Å². The van der Waals surface area contributed by atoms with E-state index in [-0.39, 0.29) is 5.56 Å². The second kappa shape index (κ2) is 4.04. The van der Waals surface area contributed by atoms with Crippen molar-refractivity contribution < 1.29 is 19.0 Å². The molecule has 1 N–H and O–H groups in total. The Hall–Kier alpha value is -1.65. The summed E-state index contributed by atoms with van der Waals surface area (Å²) in [6.07, 6.45) is 0.543. The molecule has 0 fully saturated rings. The molecule has 5 heteroatoms. The Morgan fingerprint density at radius 3 is 2.79 bits per heavy atom. The van der Waals surface area contributed by atoms with Gasteiger partial charge in [0, 0.05) is 17.3 Å². The van der Waals surface area contributed by atoms with Crippen LogP contribution >= 0.6 is 0 Å². The molecule has 4 nitrogen and oxygen atoms in total. The van der Waals surface area contributed by atoms with Gasteiger partial charge in [-0.25, -0.2) is 9.18 Å². The summed E-state index contributed by atoms with van der Waals surface area (Å²) in [5.41, 5.74) is 0.481. The Morgan fingerprint density at radius 1 is 1.64 bits per heavy atom. The number of carbonyl (C=O) groups is 1. The van der Waals surface area contributed by atoms with Crippen LogP contribution in [-0.2, 0) is 4.79 Å². The van der Waals surface area contributed by atoms with Gasteiger partial charge in [0.2, 0.25) is 6.17 Å². The quantitative estimate of drug-likeness (QED) is 0.801. The minimum Gasteiger partial charge on any atom is -0.495 e. The molecule has 0 aromatic carbocycles. The van der Waals surface area contributed by atoms with Crippen LogP contribution in [0, 0.1) is 6.92 Å². The van der Waals surface area contributed by atoms with Crippen molar-refractivity contribution in [2.75, 3.05) is 7.11 Å². The van der Waals surface area contributed by atoms with Gasteiger partial charge in [-0.05, 0) is 6.92 Å². The average Bonchev–Trinajstić information content (AvgIpc) is 2.17. The standard InChI is InChI=1S/C9H10FNO3/c1-5-6(8(10)9(12)13)3-11-4-7(5)14-2/h3-4,8H,1-2H3,(H,12,13). The van der Waals surface area contributed by atoms with Crippen LogP contribution in [0.3, 0.4) is 0 Å². The van der Waals surface area contributed by atoms with E-state index in [9.17, 15) is 9.18 Å². The molecule has 1 unspecified atom stereocenters. The molecule has 1 heterocycles. The van der Waals surface area contributed by atoms with Crippen molar-refractivity contribution in [3.63, 3.8) is 0 Å². The Bertz CT molecular complexity index is 354. The fourth-order valence-electron chi connectivity index (χ4n) is 1.12. The number of aliphatic carboxylic acids is 1. The highest BCUT2D eigenvalue weighted by Crippen LogP contribution is 2.26. The fraction of sp³-hybridized carbons (Fsp3) is 0.333. The van der Waals surface area contributed by atoms with Crippen molar-refractivity contribution in [3.8, 4) is 5.75 Å². The number of ether oxygens (including phenoxy) is 1. The normalized spacial score (nSPS) is 12.2. The number of methoxy groups -OCH3 is 1. The van der Waals surface area contributed by atoms with Gasteiger partial charge in [-0.15, -0.1) is 0 Å². The number of rotatable bonds is 3. The highest BCUT2D eigenvalue weighted by atomic mass is 19.1. The van der Waals surface area contributed by atoms with Crippen LogP contribution in [0.4, 0.5) is 4.39 Å². The van der Waals surface area contributed by atoms with Crippen molar-refractivity contribution in [1.29, 1.82) is 0 Å². The molecule has 1 aromatic rings. The largest absolute Gasteiger partial charge is 0.495 e. The lowest BCUT2D eigenvalue weighted by Crippen LogP contribution is -2.08. The number of carboxylic acids is 1. The minimum atomic E-state index is -2.06. The maximum atomic E-state index is 13.1. The number of hydrogen-bond acceptors (Lipinski definition) is 3. The molecule has 0 saturated heterocycles. The van der Waals surface area contributed by atoms with E-state index in [0.29, 0.717) is 11.3 Å². The lowest BCUT2D eigenvalue weighted by molar-refractivity contribution is -0.143. The number of nitrogens with zero attached hydrogens (tertiary/aromatic N) is 1. The molecule has 0 radical (unpaired) electrons. The van der Waals surface area contributed by atoms with Gasteiger partial charge in [0.1, 0.15) is 5.75 Å². The molecule has 0 spiro atoms. The van der Waals surface area contributed by atoms with Gasteiger partial charge < -0.3 is 9.84 Å². The smallest absolute Gasteiger partial charge is 0.343 e. The summed E-state index contributed by atoms with van der Waals surface area (Å²) in [6, 6.07) is 0. The van der Waals surface area contributed by atoms with Crippen LogP contribution in [0.5, 0.6) is 5.75 Å². The van der Waals surface area contributed by atoms with E-state index in [2.05, 4.69) is 4.98 Å². The summed E-state index contributed by atoms with van der Waals surface area (Å²) in [7, 11) is 1.42. The summed E-state index contributed by atoms with van der Waals surface area (Å²) in [5, 5.41) is 8.48. The summed E-state index contributed by atoms with van der Waals surface area (Å²) >= 11 is 0. The Labute approximate surface area is 80.3 Å². The first-order valence-corrected chi connectivity index (χ1v) is 3.93. The predicted molar refractivity (Wildman–Crippen MR) is 47.0 cm³/mol. The Kier molecular flexibility index (Phi) is 3.01. The van der Waals surface area contributed by atoms with Crippen LogP contribution < -0.4 is 4.74 Å². The van der Waals surface area contributed by atoms with Crippen molar-refractivity contribution in [3.05, 3.63) is 23.5 Å². The van der Waals surface area contributed by atoms with Crippen LogP contribution in [0.1, 0.15) is 17.3 Å². The van der Waals surface area contributed by atoms with Crippen molar-refractivity contribution in [2.24, 2.45) is 0 Å². The second-order valence-electron chi connectivity index (χ2n) is 2.76. The predicted octanol–water partition coefficient (Wildman–Crippen LogP) is 1.49. The third-order valence-electron chi connectivity index (χ3n) is 1.92. The van der Waals surface area contributed by atoms with Crippen LogP contribution in [-0.4, -0.2) is 23.2 Å². The first-order chi connectivity index (χ1) is 6.57. The van der Waals surface area contributed by atoms with E-state index in [0.717, 1.165) is 0 Å². The molecule has 14 heavy (non-hydrogen) atoms. The molecule has 0 amide bonds. The van der Waals surface area contributed by atoms with Crippen LogP contribution in [0.25, 0.3) is 0 Å². The van der Waals surface area contributed by atoms with Crippen LogP contribution in [0.15, 0.2) is 12.4 Å². The summed E-state index contributed by atoms with van der Waals surface area (Å²) in [5.74, 6) is -1.14. The van der Waals surface area contributed by atoms with Gasteiger partial charge in [0.25, 0.3) is 0 Å². The average molecular weight is 199 g/mol. The van der Waals surface area contributed by atoms with Crippen molar-refractivity contribution >= 4 is 5.97 Å². The third kappa shape index (κ3) is 1.81. The molecule has 1 rings (SSSR count). The third-order valence-corrected chi connectivity index (χ3v) is 1.92. The van der Waals surface area contributed by atoms with Gasteiger partial charge in [-0.3, -0.25) is 4.98 Å². The molecule has 76 valence electrons. The first kappa shape index (κ1) is 10.4. The zero-order chi connectivity index (χ0) is 10.7. The van der Waals surface area contributed by atoms with Crippen molar-refractivity contribution in [2.45, 2.75) is 13.1 Å². The number of halogens is 1. The molecule has 0 aliphatic rings. The SMILES string of the molecule is COc1cncc(C(F)C(=O)O)c1C. The van der Waals surface area contributed by atoms with E-state index in [1.165, 1.54) is 19.5 Å². The lowest BCUT2D eigenvalue weighted by Gasteiger charge is -2.09. The van der Waals surface area contributed by atoms with Gasteiger partial charge in [-0.1, -0.05) is 0 Å². The van der Waals surface area contributed by atoms with Gasteiger partial charge in [0.05, 0.1) is 13.3 Å². The van der Waals surface area contributed by atoms with E-state index >= 15 is 0 Å². The molecule has 0 aliphatic heterocycles. The van der Waals surface area contributed by atoms with Crippen molar-refractivity contribution in [1.82, 2.24) is 4.98 Å². The molecule has 1 atom stereocenters. The lowest BCUT2D eigenvalue weighted by atomic mass is 10.1. The zero-order valence-corrected chi connectivity index (χ0v) is 7.82. The number of hydrogen-bond donors (Lipinski definition) is 1. The molecular weight excluding hydrogens is 189 g/mol. The van der Waals surface area contributed by atoms with Gasteiger partial charge >= 0.3 is 5.97 Å². The fourth-order valence-corrected chi connectivity index (χ4v) is 1.12. The molecular formula is C9H10FNO3. The summed E-state index contributed by atoms with van der Waals surface area (Å²) < 4.78 is 18.0. The second-order valence-corrected chi connectivity index (χ2v) is 2.76. The number of alkyl halides is 1. The monoisotopic (exact) mass is 199 g/mol. The Morgan fingerprint density at radius 2 is 2.29 bits per heavy atom.